The summed E-state index contributed by atoms with van der Waals surface area (Å²) in [5, 5.41) is 0.670. The van der Waals surface area contributed by atoms with Crippen LogP contribution in [0.4, 0.5) is 0 Å². The Morgan fingerprint density at radius 1 is 1.17 bits per heavy atom. The van der Waals surface area contributed by atoms with Gasteiger partial charge in [-0.05, 0) is 36.8 Å². The maximum atomic E-state index is 11.8. The van der Waals surface area contributed by atoms with Gasteiger partial charge < -0.3 is 4.74 Å². The summed E-state index contributed by atoms with van der Waals surface area (Å²) in [6, 6.07) is 14.6. The van der Waals surface area contributed by atoms with Gasteiger partial charge in [-0.15, -0.1) is 0 Å². The summed E-state index contributed by atoms with van der Waals surface area (Å²) in [6.45, 7) is 2.19. The summed E-state index contributed by atoms with van der Waals surface area (Å²) in [6.07, 6.45) is 0. The van der Waals surface area contributed by atoms with Crippen LogP contribution < -0.4 is 0 Å². The van der Waals surface area contributed by atoms with Gasteiger partial charge in [-0.25, -0.2) is 4.79 Å². The minimum atomic E-state index is -0.311. The van der Waals surface area contributed by atoms with Gasteiger partial charge in [0.2, 0.25) is 0 Å². The standard InChI is InChI=1S/C15H13ClO2/c1-11-3-2-4-13(9-11)15(17)18-10-12-5-7-14(16)8-6-12/h2-9H,10H2,1H3. The van der Waals surface area contributed by atoms with Gasteiger partial charge in [0.25, 0.3) is 0 Å². The number of aryl methyl sites for hydroxylation is 1. The van der Waals surface area contributed by atoms with Crippen molar-refractivity contribution in [2.45, 2.75) is 13.5 Å². The number of esters is 1. The van der Waals surface area contributed by atoms with Crippen molar-refractivity contribution in [3.8, 4) is 0 Å². The molecule has 0 saturated heterocycles. The molecule has 2 rings (SSSR count). The molecular formula is C15H13ClO2. The normalized spacial score (nSPS) is 10.1. The van der Waals surface area contributed by atoms with Crippen LogP contribution in [0.15, 0.2) is 48.5 Å². The molecule has 0 aliphatic heterocycles. The van der Waals surface area contributed by atoms with Gasteiger partial charge in [-0.1, -0.05) is 41.4 Å². The monoisotopic (exact) mass is 260 g/mol. The maximum absolute atomic E-state index is 11.8. The number of hydrogen-bond donors (Lipinski definition) is 0. The highest BCUT2D eigenvalue weighted by molar-refractivity contribution is 6.30. The Hall–Kier alpha value is -1.80. The van der Waals surface area contributed by atoms with Gasteiger partial charge in [0.15, 0.2) is 0 Å². The Morgan fingerprint density at radius 3 is 2.56 bits per heavy atom. The number of carbonyl (C=O) groups excluding carboxylic acids is 1. The second kappa shape index (κ2) is 5.69. The Labute approximate surface area is 111 Å². The zero-order valence-corrected chi connectivity index (χ0v) is 10.8. The molecule has 2 nitrogen and oxygen atoms in total. The molecule has 0 aliphatic carbocycles. The lowest BCUT2D eigenvalue weighted by molar-refractivity contribution is 0.0472. The van der Waals surface area contributed by atoms with E-state index in [4.69, 9.17) is 16.3 Å². The van der Waals surface area contributed by atoms with E-state index in [9.17, 15) is 4.79 Å². The second-order valence-electron chi connectivity index (χ2n) is 4.07. The van der Waals surface area contributed by atoms with Gasteiger partial charge in [0.1, 0.15) is 6.61 Å². The highest BCUT2D eigenvalue weighted by atomic mass is 35.5. The van der Waals surface area contributed by atoms with Crippen molar-refractivity contribution in [2.75, 3.05) is 0 Å². The molecule has 18 heavy (non-hydrogen) atoms. The fourth-order valence-corrected chi connectivity index (χ4v) is 1.71. The maximum Gasteiger partial charge on any atom is 0.338 e. The van der Waals surface area contributed by atoms with Crippen molar-refractivity contribution in [3.05, 3.63) is 70.2 Å². The molecule has 0 radical (unpaired) electrons. The molecule has 0 aromatic heterocycles. The van der Waals surface area contributed by atoms with Crippen LogP contribution in [0.2, 0.25) is 5.02 Å². The van der Waals surface area contributed by atoms with E-state index in [1.807, 2.05) is 37.3 Å². The molecule has 2 aromatic carbocycles. The van der Waals surface area contributed by atoms with E-state index in [-0.39, 0.29) is 12.6 Å². The van der Waals surface area contributed by atoms with E-state index in [1.54, 1.807) is 18.2 Å². The SMILES string of the molecule is Cc1cccc(C(=O)OCc2ccc(Cl)cc2)c1. The Morgan fingerprint density at radius 2 is 1.89 bits per heavy atom. The van der Waals surface area contributed by atoms with E-state index < -0.39 is 0 Å². The van der Waals surface area contributed by atoms with Crippen LogP contribution in [-0.4, -0.2) is 5.97 Å². The molecule has 92 valence electrons. The molecule has 0 N–H and O–H groups in total. The number of carbonyl (C=O) groups is 1. The van der Waals surface area contributed by atoms with Crippen LogP contribution in [-0.2, 0) is 11.3 Å². The first-order valence-corrected chi connectivity index (χ1v) is 6.01. The number of benzene rings is 2. The van der Waals surface area contributed by atoms with Gasteiger partial charge >= 0.3 is 5.97 Å². The van der Waals surface area contributed by atoms with Crippen LogP contribution in [0.1, 0.15) is 21.5 Å². The first-order chi connectivity index (χ1) is 8.65. The molecule has 0 atom stereocenters. The van der Waals surface area contributed by atoms with E-state index in [2.05, 4.69) is 0 Å². The second-order valence-corrected chi connectivity index (χ2v) is 4.51. The topological polar surface area (TPSA) is 26.3 Å². The zero-order chi connectivity index (χ0) is 13.0. The number of halogens is 1. The van der Waals surface area contributed by atoms with Crippen LogP contribution in [0.25, 0.3) is 0 Å². The molecule has 2 aromatic rings. The molecule has 0 aliphatic rings. The van der Waals surface area contributed by atoms with Crippen molar-refractivity contribution >= 4 is 17.6 Å². The molecule has 0 heterocycles. The van der Waals surface area contributed by atoms with E-state index in [0.717, 1.165) is 11.1 Å². The van der Waals surface area contributed by atoms with Crippen LogP contribution >= 0.6 is 11.6 Å². The first-order valence-electron chi connectivity index (χ1n) is 5.63. The average molecular weight is 261 g/mol. The molecule has 0 fully saturated rings. The minimum Gasteiger partial charge on any atom is -0.457 e. The molecule has 0 saturated carbocycles. The number of rotatable bonds is 3. The lowest BCUT2D eigenvalue weighted by Crippen LogP contribution is -2.05. The van der Waals surface area contributed by atoms with E-state index >= 15 is 0 Å². The lowest BCUT2D eigenvalue weighted by Gasteiger charge is -2.05. The Bertz CT molecular complexity index is 547. The molecule has 0 unspecified atom stereocenters. The predicted octanol–water partition coefficient (Wildman–Crippen LogP) is 4.01. The van der Waals surface area contributed by atoms with E-state index in [0.29, 0.717) is 10.6 Å². The fourth-order valence-electron chi connectivity index (χ4n) is 1.58. The third kappa shape index (κ3) is 3.34. The molecule has 0 bridgehead atoms. The van der Waals surface area contributed by atoms with Crippen molar-refractivity contribution in [1.29, 1.82) is 0 Å². The molecule has 3 heteroatoms. The summed E-state index contributed by atoms with van der Waals surface area (Å²) in [7, 11) is 0. The van der Waals surface area contributed by atoms with Gasteiger partial charge in [0.05, 0.1) is 5.56 Å². The molecule has 0 spiro atoms. The highest BCUT2D eigenvalue weighted by Crippen LogP contribution is 2.12. The smallest absolute Gasteiger partial charge is 0.338 e. The number of ether oxygens (including phenoxy) is 1. The molecular weight excluding hydrogens is 248 g/mol. The summed E-state index contributed by atoms with van der Waals surface area (Å²) in [4.78, 5) is 11.8. The van der Waals surface area contributed by atoms with Crippen molar-refractivity contribution in [2.24, 2.45) is 0 Å². The minimum absolute atomic E-state index is 0.254. The largest absolute Gasteiger partial charge is 0.457 e. The predicted molar refractivity (Wildman–Crippen MR) is 71.8 cm³/mol. The quantitative estimate of drug-likeness (QED) is 0.780. The van der Waals surface area contributed by atoms with Gasteiger partial charge in [-0.3, -0.25) is 0 Å². The van der Waals surface area contributed by atoms with Crippen LogP contribution in [0, 0.1) is 6.92 Å². The van der Waals surface area contributed by atoms with Crippen molar-refractivity contribution < 1.29 is 9.53 Å². The zero-order valence-electron chi connectivity index (χ0n) is 10.0. The van der Waals surface area contributed by atoms with Gasteiger partial charge in [0, 0.05) is 5.02 Å². The third-order valence-corrected chi connectivity index (χ3v) is 2.79. The summed E-state index contributed by atoms with van der Waals surface area (Å²) in [5.41, 5.74) is 2.53. The van der Waals surface area contributed by atoms with Crippen molar-refractivity contribution in [3.63, 3.8) is 0 Å². The van der Waals surface area contributed by atoms with Crippen LogP contribution in [0.5, 0.6) is 0 Å². The first kappa shape index (κ1) is 12.7. The van der Waals surface area contributed by atoms with Crippen molar-refractivity contribution in [1.82, 2.24) is 0 Å². The summed E-state index contributed by atoms with van der Waals surface area (Å²) >= 11 is 5.78. The van der Waals surface area contributed by atoms with Gasteiger partial charge in [-0.2, -0.15) is 0 Å². The fraction of sp³-hybridized carbons (Fsp3) is 0.133. The lowest BCUT2D eigenvalue weighted by atomic mass is 10.1. The third-order valence-electron chi connectivity index (χ3n) is 2.54. The highest BCUT2D eigenvalue weighted by Gasteiger charge is 2.06. The molecule has 0 amide bonds. The number of hydrogen-bond acceptors (Lipinski definition) is 2. The Kier molecular flexibility index (Phi) is 4.00. The summed E-state index contributed by atoms with van der Waals surface area (Å²) < 4.78 is 5.23. The van der Waals surface area contributed by atoms with E-state index in [1.165, 1.54) is 0 Å². The van der Waals surface area contributed by atoms with Crippen LogP contribution in [0.3, 0.4) is 0 Å². The average Bonchev–Trinajstić information content (AvgIpc) is 2.38. The Balaban J connectivity index is 1.98. The summed E-state index contributed by atoms with van der Waals surface area (Å²) in [5.74, 6) is -0.311.